The van der Waals surface area contributed by atoms with Crippen molar-refractivity contribution in [3.63, 3.8) is 0 Å². The minimum absolute atomic E-state index is 0.0116. The number of benzene rings is 1. The van der Waals surface area contributed by atoms with Gasteiger partial charge >= 0.3 is 0 Å². The highest BCUT2D eigenvalue weighted by molar-refractivity contribution is 7.89. The third-order valence-corrected chi connectivity index (χ3v) is 9.56. The number of sulfonamides is 1. The number of carbonyl (C=O) groups excluding carboxylic acids is 1. The van der Waals surface area contributed by atoms with Crippen LogP contribution in [0.3, 0.4) is 0 Å². The maximum atomic E-state index is 13.0. The monoisotopic (exact) mass is 484 g/mol. The first-order valence-corrected chi connectivity index (χ1v) is 14.4. The average Bonchev–Trinajstić information content (AvgIpc) is 3.30. The highest BCUT2D eigenvalue weighted by Crippen LogP contribution is 2.28. The molecular formula is C26H36N4O3S. The Balaban J connectivity index is 1.28. The molecule has 1 saturated carbocycles. The van der Waals surface area contributed by atoms with Crippen LogP contribution in [0.1, 0.15) is 64.2 Å². The van der Waals surface area contributed by atoms with Crippen LogP contribution in [0.2, 0.25) is 0 Å². The normalized spacial score (nSPS) is 23.2. The molecule has 1 aromatic carbocycles. The smallest absolute Gasteiger partial charge is 0.243 e. The van der Waals surface area contributed by atoms with Gasteiger partial charge in [0.15, 0.2) is 0 Å². The quantitative estimate of drug-likeness (QED) is 0.647. The van der Waals surface area contributed by atoms with Gasteiger partial charge in [0.05, 0.1) is 16.3 Å². The molecule has 3 heterocycles. The Labute approximate surface area is 203 Å². The number of anilines is 1. The molecule has 34 heavy (non-hydrogen) atoms. The molecule has 1 N–H and O–H groups in total. The third-order valence-electron chi connectivity index (χ3n) is 7.67. The molecule has 1 aromatic heterocycles. The Morgan fingerprint density at radius 2 is 1.65 bits per heavy atom. The molecule has 7 nitrogen and oxygen atoms in total. The summed E-state index contributed by atoms with van der Waals surface area (Å²) >= 11 is 0. The number of aromatic nitrogens is 1. The van der Waals surface area contributed by atoms with Gasteiger partial charge in [0.1, 0.15) is 5.82 Å². The maximum Gasteiger partial charge on any atom is 0.243 e. The van der Waals surface area contributed by atoms with Crippen LogP contribution < -0.4 is 10.2 Å². The first-order valence-electron chi connectivity index (χ1n) is 13.0. The van der Waals surface area contributed by atoms with Gasteiger partial charge < -0.3 is 10.2 Å². The number of nitrogens with zero attached hydrogens (tertiary/aromatic N) is 3. The molecule has 1 amide bonds. The summed E-state index contributed by atoms with van der Waals surface area (Å²) in [6.07, 6.45) is 10.9. The fourth-order valence-electron chi connectivity index (χ4n) is 5.65. The molecule has 3 aliphatic rings. The van der Waals surface area contributed by atoms with Crippen molar-refractivity contribution in [2.45, 2.75) is 75.1 Å². The van der Waals surface area contributed by atoms with Gasteiger partial charge in [-0.3, -0.25) is 4.79 Å². The Morgan fingerprint density at radius 1 is 0.882 bits per heavy atom. The lowest BCUT2D eigenvalue weighted by Crippen LogP contribution is -2.46. The molecule has 0 spiro atoms. The summed E-state index contributed by atoms with van der Waals surface area (Å²) in [7, 11) is -3.44. The van der Waals surface area contributed by atoms with Crippen LogP contribution in [-0.2, 0) is 14.8 Å². The van der Waals surface area contributed by atoms with E-state index in [4.69, 9.17) is 4.98 Å². The zero-order chi connectivity index (χ0) is 23.5. The second kappa shape index (κ2) is 10.2. The molecule has 2 aliphatic heterocycles. The molecule has 0 bridgehead atoms. The molecule has 184 valence electrons. The second-order valence-corrected chi connectivity index (χ2v) is 12.1. The summed E-state index contributed by atoms with van der Waals surface area (Å²) in [5.41, 5.74) is 0.780. The number of hydrogen-bond acceptors (Lipinski definition) is 5. The van der Waals surface area contributed by atoms with Gasteiger partial charge in [-0.15, -0.1) is 0 Å². The second-order valence-electron chi connectivity index (χ2n) is 10.1. The third kappa shape index (κ3) is 5.08. The molecule has 0 radical (unpaired) electrons. The van der Waals surface area contributed by atoms with Crippen LogP contribution in [0.4, 0.5) is 5.82 Å². The molecular weight excluding hydrogens is 448 g/mol. The van der Waals surface area contributed by atoms with Crippen molar-refractivity contribution >= 4 is 32.7 Å². The van der Waals surface area contributed by atoms with E-state index in [9.17, 15) is 13.2 Å². The number of hydrogen-bond donors (Lipinski definition) is 1. The van der Waals surface area contributed by atoms with Gasteiger partial charge in [0.2, 0.25) is 15.9 Å². The molecule has 2 saturated heterocycles. The van der Waals surface area contributed by atoms with Crippen molar-refractivity contribution in [2.75, 3.05) is 31.1 Å². The maximum absolute atomic E-state index is 13.0. The topological polar surface area (TPSA) is 82.6 Å². The fraction of sp³-hybridized carbons (Fsp3) is 0.615. The minimum atomic E-state index is -3.44. The van der Waals surface area contributed by atoms with Gasteiger partial charge in [-0.05, 0) is 68.9 Å². The van der Waals surface area contributed by atoms with E-state index in [-0.39, 0.29) is 11.8 Å². The van der Waals surface area contributed by atoms with Crippen LogP contribution in [0.5, 0.6) is 0 Å². The van der Waals surface area contributed by atoms with E-state index < -0.39 is 10.0 Å². The Kier molecular flexibility index (Phi) is 7.06. The largest absolute Gasteiger partial charge is 0.356 e. The first-order chi connectivity index (χ1) is 16.5. The van der Waals surface area contributed by atoms with Crippen molar-refractivity contribution in [2.24, 2.45) is 5.92 Å². The van der Waals surface area contributed by atoms with E-state index in [0.717, 1.165) is 61.8 Å². The lowest BCUT2D eigenvalue weighted by atomic mass is 9.96. The Morgan fingerprint density at radius 3 is 2.41 bits per heavy atom. The Bertz CT molecular complexity index is 1120. The number of nitrogens with one attached hydrogen (secondary N) is 1. The molecule has 0 unspecified atom stereocenters. The summed E-state index contributed by atoms with van der Waals surface area (Å²) in [5, 5.41) is 4.15. The first kappa shape index (κ1) is 23.5. The SMILES string of the molecule is O=C(NC1CCCCCC1)[C@@H]1CCCN(c2ccc3cc(S(=O)(=O)N4CCCC4)ccc3n2)C1. The van der Waals surface area contributed by atoms with Crippen LogP contribution in [-0.4, -0.2) is 55.8 Å². The predicted octanol–water partition coefficient (Wildman–Crippen LogP) is 4.07. The van der Waals surface area contributed by atoms with E-state index >= 15 is 0 Å². The van der Waals surface area contributed by atoms with Gasteiger partial charge in [-0.2, -0.15) is 4.31 Å². The molecule has 1 atom stereocenters. The predicted molar refractivity (Wildman–Crippen MR) is 134 cm³/mol. The number of rotatable bonds is 5. The number of fused-ring (bicyclic) bond motifs is 1. The van der Waals surface area contributed by atoms with Gasteiger partial charge in [0.25, 0.3) is 0 Å². The summed E-state index contributed by atoms with van der Waals surface area (Å²) in [5.74, 6) is 1.03. The molecule has 8 heteroatoms. The van der Waals surface area contributed by atoms with Crippen molar-refractivity contribution in [1.29, 1.82) is 0 Å². The van der Waals surface area contributed by atoms with E-state index in [1.54, 1.807) is 16.4 Å². The van der Waals surface area contributed by atoms with Gasteiger partial charge in [0, 0.05) is 37.6 Å². The van der Waals surface area contributed by atoms with E-state index in [1.165, 1.54) is 25.7 Å². The molecule has 2 aromatic rings. The highest BCUT2D eigenvalue weighted by atomic mass is 32.2. The van der Waals surface area contributed by atoms with Crippen molar-refractivity contribution in [3.05, 3.63) is 30.3 Å². The van der Waals surface area contributed by atoms with E-state index in [2.05, 4.69) is 10.2 Å². The van der Waals surface area contributed by atoms with Crippen molar-refractivity contribution < 1.29 is 13.2 Å². The van der Waals surface area contributed by atoms with Crippen LogP contribution in [0, 0.1) is 5.92 Å². The van der Waals surface area contributed by atoms with E-state index in [0.29, 0.717) is 30.6 Å². The molecule has 1 aliphatic carbocycles. The number of amides is 1. The standard InChI is InChI=1S/C26H36N4O3S/c31-26(27-22-9-3-1-2-4-10-22)21-8-7-15-29(19-21)25-14-11-20-18-23(12-13-24(20)28-25)34(32,33)30-16-5-6-17-30/h11-14,18,21-22H,1-10,15-17,19H2,(H,27,31)/t21-/m1/s1. The minimum Gasteiger partial charge on any atom is -0.356 e. The Hall–Kier alpha value is -2.19. The number of piperidine rings is 1. The number of pyridine rings is 1. The average molecular weight is 485 g/mol. The molecule has 3 fully saturated rings. The zero-order valence-electron chi connectivity index (χ0n) is 19.9. The lowest BCUT2D eigenvalue weighted by molar-refractivity contribution is -0.126. The summed E-state index contributed by atoms with van der Waals surface area (Å²) in [6.45, 7) is 2.76. The highest BCUT2D eigenvalue weighted by Gasteiger charge is 2.29. The lowest BCUT2D eigenvalue weighted by Gasteiger charge is -2.33. The van der Waals surface area contributed by atoms with Gasteiger partial charge in [-0.25, -0.2) is 13.4 Å². The van der Waals surface area contributed by atoms with Crippen LogP contribution in [0.25, 0.3) is 10.9 Å². The van der Waals surface area contributed by atoms with Crippen molar-refractivity contribution in [1.82, 2.24) is 14.6 Å². The summed E-state index contributed by atoms with van der Waals surface area (Å²) in [4.78, 5) is 20.4. The molecule has 5 rings (SSSR count). The summed E-state index contributed by atoms with van der Waals surface area (Å²) in [6, 6.07) is 9.46. The van der Waals surface area contributed by atoms with Crippen LogP contribution >= 0.6 is 0 Å². The van der Waals surface area contributed by atoms with Crippen molar-refractivity contribution in [3.8, 4) is 0 Å². The summed E-state index contributed by atoms with van der Waals surface area (Å²) < 4.78 is 27.4. The van der Waals surface area contributed by atoms with E-state index in [1.807, 2.05) is 18.2 Å². The van der Waals surface area contributed by atoms with Gasteiger partial charge in [-0.1, -0.05) is 25.7 Å². The number of carbonyl (C=O) groups is 1. The fourth-order valence-corrected chi connectivity index (χ4v) is 7.20. The zero-order valence-corrected chi connectivity index (χ0v) is 20.7. The van der Waals surface area contributed by atoms with Crippen LogP contribution in [0.15, 0.2) is 35.2 Å².